The molecule has 0 spiro atoms. The van der Waals surface area contributed by atoms with Crippen LogP contribution in [0.5, 0.6) is 0 Å². The molecule has 1 unspecified atom stereocenters. The van der Waals surface area contributed by atoms with Gasteiger partial charge in [0, 0.05) is 19.3 Å². The molecule has 20 heavy (non-hydrogen) atoms. The first kappa shape index (κ1) is 15.5. The fourth-order valence-corrected chi connectivity index (χ4v) is 3.28. The Morgan fingerprint density at radius 2 is 2.25 bits per heavy atom. The zero-order valence-electron chi connectivity index (χ0n) is 12.2. The second-order valence-corrected chi connectivity index (χ2v) is 7.33. The molecule has 1 aromatic heterocycles. The van der Waals surface area contributed by atoms with Crippen LogP contribution in [0.25, 0.3) is 0 Å². The van der Waals surface area contributed by atoms with Crippen LogP contribution >= 0.6 is 0 Å². The van der Waals surface area contributed by atoms with E-state index in [-0.39, 0.29) is 4.90 Å². The molecule has 0 amide bonds. The molecule has 1 heterocycles. The first-order valence-corrected chi connectivity index (χ1v) is 8.68. The van der Waals surface area contributed by atoms with E-state index in [1.165, 1.54) is 19.0 Å². The summed E-state index contributed by atoms with van der Waals surface area (Å²) >= 11 is 0. The topological polar surface area (TPSA) is 76.0 Å². The van der Waals surface area contributed by atoms with Crippen molar-refractivity contribution in [2.45, 2.75) is 37.6 Å². The van der Waals surface area contributed by atoms with E-state index >= 15 is 0 Å². The molecule has 2 N–H and O–H groups in total. The van der Waals surface area contributed by atoms with E-state index in [9.17, 15) is 8.42 Å². The van der Waals surface area contributed by atoms with Gasteiger partial charge in [-0.15, -0.1) is 0 Å². The number of aryl methyl sites for hydroxylation is 1. The third-order valence-electron chi connectivity index (χ3n) is 3.76. The van der Waals surface area contributed by atoms with Crippen molar-refractivity contribution in [1.29, 1.82) is 0 Å². The molecular weight excluding hydrogens is 276 g/mol. The van der Waals surface area contributed by atoms with Gasteiger partial charge in [0.15, 0.2) is 0 Å². The second-order valence-electron chi connectivity index (χ2n) is 5.56. The van der Waals surface area contributed by atoms with Gasteiger partial charge in [-0.25, -0.2) is 13.1 Å². The summed E-state index contributed by atoms with van der Waals surface area (Å²) in [6, 6.07) is 0. The fraction of sp³-hybridized carbons (Fsp3) is 0.769. The lowest BCUT2D eigenvalue weighted by Gasteiger charge is -2.10. The van der Waals surface area contributed by atoms with Crippen molar-refractivity contribution in [3.63, 3.8) is 0 Å². The van der Waals surface area contributed by atoms with E-state index in [0.717, 1.165) is 19.5 Å². The third-order valence-corrected chi connectivity index (χ3v) is 5.13. The van der Waals surface area contributed by atoms with Gasteiger partial charge in [0.25, 0.3) is 0 Å². The maximum atomic E-state index is 12.1. The number of nitrogens with zero attached hydrogens (tertiary/aromatic N) is 2. The molecule has 1 aliphatic carbocycles. The molecule has 1 saturated carbocycles. The van der Waals surface area contributed by atoms with Crippen LogP contribution in [0.1, 0.15) is 26.2 Å². The molecule has 0 saturated heterocycles. The zero-order chi connectivity index (χ0) is 14.6. The van der Waals surface area contributed by atoms with Crippen molar-refractivity contribution in [3.8, 4) is 0 Å². The molecule has 7 heteroatoms. The summed E-state index contributed by atoms with van der Waals surface area (Å²) in [6.45, 7) is 4.22. The smallest absolute Gasteiger partial charge is 0.243 e. The first-order chi connectivity index (χ1) is 9.53. The van der Waals surface area contributed by atoms with Crippen LogP contribution in [0.4, 0.5) is 0 Å². The van der Waals surface area contributed by atoms with Crippen molar-refractivity contribution in [2.75, 3.05) is 20.1 Å². The Morgan fingerprint density at radius 1 is 1.50 bits per heavy atom. The molecular formula is C13H24N4O2S. The SMILES string of the molecule is CNCCCn1cc(S(=O)(=O)NCC(C)C2CC2)cn1. The van der Waals surface area contributed by atoms with Gasteiger partial charge in [0.2, 0.25) is 10.0 Å². The molecule has 1 fully saturated rings. The number of hydrogen-bond acceptors (Lipinski definition) is 4. The van der Waals surface area contributed by atoms with Crippen molar-refractivity contribution in [2.24, 2.45) is 11.8 Å². The van der Waals surface area contributed by atoms with Crippen LogP contribution < -0.4 is 10.0 Å². The number of aromatic nitrogens is 2. The number of rotatable bonds is 9. The number of sulfonamides is 1. The highest BCUT2D eigenvalue weighted by Crippen LogP contribution is 2.36. The summed E-state index contributed by atoms with van der Waals surface area (Å²) < 4.78 is 28.7. The van der Waals surface area contributed by atoms with Crippen LogP contribution in [-0.4, -0.2) is 38.3 Å². The summed E-state index contributed by atoms with van der Waals surface area (Å²) in [5.74, 6) is 1.11. The molecule has 1 atom stereocenters. The van der Waals surface area contributed by atoms with Crippen LogP contribution in [0, 0.1) is 11.8 Å². The summed E-state index contributed by atoms with van der Waals surface area (Å²) in [5.41, 5.74) is 0. The van der Waals surface area contributed by atoms with Crippen LogP contribution in [0.15, 0.2) is 17.3 Å². The standard InChI is InChI=1S/C13H24N4O2S/c1-11(12-4-5-12)8-16-20(18,19)13-9-15-17(10-13)7-3-6-14-2/h9-12,14,16H,3-8H2,1-2H3. The average Bonchev–Trinajstić information content (AvgIpc) is 3.15. The summed E-state index contributed by atoms with van der Waals surface area (Å²) in [5, 5.41) is 7.15. The molecule has 0 bridgehead atoms. The summed E-state index contributed by atoms with van der Waals surface area (Å²) in [7, 11) is -1.53. The zero-order valence-corrected chi connectivity index (χ0v) is 13.0. The normalized spacial score (nSPS) is 17.3. The maximum Gasteiger partial charge on any atom is 0.243 e. The quantitative estimate of drug-likeness (QED) is 0.662. The third kappa shape index (κ3) is 4.29. The minimum absolute atomic E-state index is 0.255. The first-order valence-electron chi connectivity index (χ1n) is 7.19. The highest BCUT2D eigenvalue weighted by Gasteiger charge is 2.29. The predicted octanol–water partition coefficient (Wildman–Crippen LogP) is 0.817. The Hall–Kier alpha value is -0.920. The van der Waals surface area contributed by atoms with E-state index < -0.39 is 10.0 Å². The van der Waals surface area contributed by atoms with Gasteiger partial charge in [-0.2, -0.15) is 5.10 Å². The van der Waals surface area contributed by atoms with Gasteiger partial charge in [0.1, 0.15) is 4.90 Å². The van der Waals surface area contributed by atoms with Crippen molar-refractivity contribution in [1.82, 2.24) is 19.8 Å². The minimum Gasteiger partial charge on any atom is -0.320 e. The fourth-order valence-electron chi connectivity index (χ4n) is 2.18. The summed E-state index contributed by atoms with van der Waals surface area (Å²) in [4.78, 5) is 0.255. The Bertz CT molecular complexity index is 522. The molecule has 0 aliphatic heterocycles. The Kier molecular flexibility index (Phi) is 5.17. The highest BCUT2D eigenvalue weighted by molar-refractivity contribution is 7.89. The molecule has 6 nitrogen and oxygen atoms in total. The number of nitrogens with one attached hydrogen (secondary N) is 2. The lowest BCUT2D eigenvalue weighted by molar-refractivity contribution is 0.491. The van der Waals surface area contributed by atoms with Crippen LogP contribution in [0.3, 0.4) is 0 Å². The van der Waals surface area contributed by atoms with E-state index in [1.807, 2.05) is 7.05 Å². The lowest BCUT2D eigenvalue weighted by atomic mass is 10.1. The van der Waals surface area contributed by atoms with Gasteiger partial charge in [-0.05, 0) is 44.7 Å². The van der Waals surface area contributed by atoms with Crippen molar-refractivity contribution >= 4 is 10.0 Å². The van der Waals surface area contributed by atoms with E-state index in [1.54, 1.807) is 10.9 Å². The minimum atomic E-state index is -3.42. The Labute approximate surface area is 121 Å². The monoisotopic (exact) mass is 300 g/mol. The van der Waals surface area contributed by atoms with Gasteiger partial charge in [0.05, 0.1) is 6.20 Å². The van der Waals surface area contributed by atoms with Crippen molar-refractivity contribution in [3.05, 3.63) is 12.4 Å². The van der Waals surface area contributed by atoms with Crippen LogP contribution in [0.2, 0.25) is 0 Å². The summed E-state index contributed by atoms with van der Waals surface area (Å²) in [6.07, 6.45) is 6.39. The largest absolute Gasteiger partial charge is 0.320 e. The lowest BCUT2D eigenvalue weighted by Crippen LogP contribution is -2.29. The van der Waals surface area contributed by atoms with Gasteiger partial charge in [-0.1, -0.05) is 6.92 Å². The van der Waals surface area contributed by atoms with E-state index in [0.29, 0.717) is 18.4 Å². The molecule has 2 rings (SSSR count). The predicted molar refractivity (Wildman–Crippen MR) is 77.8 cm³/mol. The van der Waals surface area contributed by atoms with Gasteiger partial charge in [-0.3, -0.25) is 4.68 Å². The molecule has 114 valence electrons. The van der Waals surface area contributed by atoms with E-state index in [2.05, 4.69) is 22.1 Å². The molecule has 0 aromatic carbocycles. The highest BCUT2D eigenvalue weighted by atomic mass is 32.2. The van der Waals surface area contributed by atoms with Crippen LogP contribution in [-0.2, 0) is 16.6 Å². The number of hydrogen-bond donors (Lipinski definition) is 2. The molecule has 1 aliphatic rings. The van der Waals surface area contributed by atoms with Crippen molar-refractivity contribution < 1.29 is 8.42 Å². The van der Waals surface area contributed by atoms with Gasteiger partial charge >= 0.3 is 0 Å². The molecule has 0 radical (unpaired) electrons. The average molecular weight is 300 g/mol. The Balaban J connectivity index is 1.87. The second kappa shape index (κ2) is 6.69. The van der Waals surface area contributed by atoms with E-state index in [4.69, 9.17) is 0 Å². The molecule has 1 aromatic rings. The van der Waals surface area contributed by atoms with Gasteiger partial charge < -0.3 is 5.32 Å². The Morgan fingerprint density at radius 3 is 2.90 bits per heavy atom. The maximum absolute atomic E-state index is 12.1.